The van der Waals surface area contributed by atoms with Gasteiger partial charge in [0.25, 0.3) is 5.91 Å². The van der Waals surface area contributed by atoms with Crippen molar-refractivity contribution >= 4 is 5.91 Å². The largest absolute Gasteiger partial charge is 0.388 e. The minimum Gasteiger partial charge on any atom is -0.388 e. The van der Waals surface area contributed by atoms with Crippen molar-refractivity contribution in [1.82, 2.24) is 5.32 Å². The van der Waals surface area contributed by atoms with Crippen molar-refractivity contribution in [3.63, 3.8) is 0 Å². The minimum absolute atomic E-state index is 0.0722. The van der Waals surface area contributed by atoms with Gasteiger partial charge >= 0.3 is 0 Å². The quantitative estimate of drug-likeness (QED) is 0.897. The molecule has 1 aliphatic rings. The summed E-state index contributed by atoms with van der Waals surface area (Å²) in [6.07, 6.45) is 3.63. The first-order chi connectivity index (χ1) is 9.81. The molecule has 1 aromatic rings. The molecule has 1 amide bonds. The molecule has 21 heavy (non-hydrogen) atoms. The zero-order chi connectivity index (χ0) is 15.6. The smallest absolute Gasteiger partial charge is 0.251 e. The van der Waals surface area contributed by atoms with E-state index in [4.69, 9.17) is 0 Å². The molecule has 2 N–H and O–H groups in total. The van der Waals surface area contributed by atoms with Gasteiger partial charge in [0.1, 0.15) is 0 Å². The summed E-state index contributed by atoms with van der Waals surface area (Å²) in [5, 5.41) is 13.5. The first kappa shape index (κ1) is 16.0. The van der Waals surface area contributed by atoms with Gasteiger partial charge in [-0.25, -0.2) is 0 Å². The minimum atomic E-state index is -0.728. The SMILES string of the molecule is Cc1cc(C)c(C(=O)NCC2(O)CCC(C)CC2)c(C)c1. The fourth-order valence-electron chi connectivity index (χ4n) is 3.35. The van der Waals surface area contributed by atoms with Gasteiger partial charge in [-0.2, -0.15) is 0 Å². The van der Waals surface area contributed by atoms with Crippen LogP contribution in [0, 0.1) is 26.7 Å². The van der Waals surface area contributed by atoms with E-state index >= 15 is 0 Å². The zero-order valence-corrected chi connectivity index (χ0v) is 13.6. The van der Waals surface area contributed by atoms with Crippen molar-refractivity contribution < 1.29 is 9.90 Å². The predicted octanol–water partition coefficient (Wildman–Crippen LogP) is 3.28. The second-order valence-corrected chi connectivity index (χ2v) is 6.86. The molecule has 3 heteroatoms. The predicted molar refractivity (Wildman–Crippen MR) is 85.6 cm³/mol. The lowest BCUT2D eigenvalue weighted by Crippen LogP contribution is -2.45. The molecule has 0 bridgehead atoms. The van der Waals surface area contributed by atoms with Gasteiger partial charge in [0.15, 0.2) is 0 Å². The lowest BCUT2D eigenvalue weighted by Gasteiger charge is -2.35. The van der Waals surface area contributed by atoms with E-state index in [1.807, 2.05) is 32.9 Å². The summed E-state index contributed by atoms with van der Waals surface area (Å²) in [6, 6.07) is 4.05. The van der Waals surface area contributed by atoms with Crippen LogP contribution in [0.5, 0.6) is 0 Å². The third-order valence-corrected chi connectivity index (χ3v) is 4.69. The van der Waals surface area contributed by atoms with Crippen molar-refractivity contribution in [1.29, 1.82) is 0 Å². The summed E-state index contributed by atoms with van der Waals surface area (Å²) in [5.74, 6) is 0.611. The average Bonchev–Trinajstić information content (AvgIpc) is 2.39. The number of carbonyl (C=O) groups excluding carboxylic acids is 1. The van der Waals surface area contributed by atoms with E-state index in [0.717, 1.165) is 42.4 Å². The molecule has 1 fully saturated rings. The van der Waals surface area contributed by atoms with Gasteiger partial charge < -0.3 is 10.4 Å². The maximum Gasteiger partial charge on any atom is 0.251 e. The van der Waals surface area contributed by atoms with E-state index in [-0.39, 0.29) is 5.91 Å². The Morgan fingerprint density at radius 3 is 2.29 bits per heavy atom. The molecule has 0 atom stereocenters. The number of hydrogen-bond donors (Lipinski definition) is 2. The number of amides is 1. The molecule has 0 radical (unpaired) electrons. The van der Waals surface area contributed by atoms with Crippen LogP contribution in [0.4, 0.5) is 0 Å². The highest BCUT2D eigenvalue weighted by atomic mass is 16.3. The molecule has 0 unspecified atom stereocenters. The Morgan fingerprint density at radius 2 is 1.76 bits per heavy atom. The molecule has 1 saturated carbocycles. The summed E-state index contributed by atoms with van der Waals surface area (Å²) < 4.78 is 0. The van der Waals surface area contributed by atoms with Crippen molar-refractivity contribution in [2.75, 3.05) is 6.54 Å². The van der Waals surface area contributed by atoms with E-state index in [1.165, 1.54) is 5.56 Å². The number of benzene rings is 1. The van der Waals surface area contributed by atoms with E-state index in [1.54, 1.807) is 0 Å². The summed E-state index contributed by atoms with van der Waals surface area (Å²) in [4.78, 5) is 12.4. The fraction of sp³-hybridized carbons (Fsp3) is 0.611. The van der Waals surface area contributed by atoms with Crippen LogP contribution in [0.3, 0.4) is 0 Å². The lowest BCUT2D eigenvalue weighted by molar-refractivity contribution is -0.00541. The Morgan fingerprint density at radius 1 is 1.24 bits per heavy atom. The Kier molecular flexibility index (Phi) is 4.72. The highest BCUT2D eigenvalue weighted by Gasteiger charge is 2.32. The Labute approximate surface area is 127 Å². The van der Waals surface area contributed by atoms with Gasteiger partial charge in [0, 0.05) is 12.1 Å². The first-order valence-corrected chi connectivity index (χ1v) is 7.89. The van der Waals surface area contributed by atoms with Crippen molar-refractivity contribution in [2.45, 2.75) is 59.0 Å². The molecular formula is C18H27NO2. The van der Waals surface area contributed by atoms with Crippen LogP contribution in [0.1, 0.15) is 59.7 Å². The molecule has 1 aromatic carbocycles. The zero-order valence-electron chi connectivity index (χ0n) is 13.6. The van der Waals surface area contributed by atoms with Crippen LogP contribution in [0.2, 0.25) is 0 Å². The van der Waals surface area contributed by atoms with Crippen LogP contribution >= 0.6 is 0 Å². The normalized spacial score (nSPS) is 25.7. The number of aliphatic hydroxyl groups is 1. The van der Waals surface area contributed by atoms with Crippen LogP contribution in [-0.4, -0.2) is 23.2 Å². The number of nitrogens with one attached hydrogen (secondary N) is 1. The molecule has 0 aromatic heterocycles. The van der Waals surface area contributed by atoms with E-state index in [9.17, 15) is 9.90 Å². The van der Waals surface area contributed by atoms with Gasteiger partial charge in [0.05, 0.1) is 5.60 Å². The number of rotatable bonds is 3. The maximum atomic E-state index is 12.4. The van der Waals surface area contributed by atoms with Crippen molar-refractivity contribution in [3.8, 4) is 0 Å². The topological polar surface area (TPSA) is 49.3 Å². The second-order valence-electron chi connectivity index (χ2n) is 6.86. The second kappa shape index (κ2) is 6.18. The average molecular weight is 289 g/mol. The summed E-state index contributed by atoms with van der Waals surface area (Å²) >= 11 is 0. The highest BCUT2D eigenvalue weighted by molar-refractivity contribution is 5.97. The number of hydrogen-bond acceptors (Lipinski definition) is 2. The Bertz CT molecular complexity index is 505. The van der Waals surface area contributed by atoms with Crippen LogP contribution in [-0.2, 0) is 0 Å². The molecule has 3 nitrogen and oxygen atoms in total. The molecule has 0 saturated heterocycles. The third-order valence-electron chi connectivity index (χ3n) is 4.69. The van der Waals surface area contributed by atoms with Gasteiger partial charge in [-0.1, -0.05) is 24.6 Å². The molecule has 1 aliphatic carbocycles. The van der Waals surface area contributed by atoms with Gasteiger partial charge in [-0.3, -0.25) is 4.79 Å². The van der Waals surface area contributed by atoms with Crippen molar-refractivity contribution in [2.24, 2.45) is 5.92 Å². The van der Waals surface area contributed by atoms with Gasteiger partial charge in [0.2, 0.25) is 0 Å². The van der Waals surface area contributed by atoms with E-state index in [0.29, 0.717) is 12.5 Å². The molecule has 0 spiro atoms. The standard InChI is InChI=1S/C18H27NO2/c1-12-5-7-18(21,8-6-12)11-19-17(20)16-14(3)9-13(2)10-15(16)4/h9-10,12,21H,5-8,11H2,1-4H3,(H,19,20). The Hall–Kier alpha value is -1.35. The summed E-state index contributed by atoms with van der Waals surface area (Å²) in [6.45, 7) is 8.54. The van der Waals surface area contributed by atoms with Crippen LogP contribution in [0.15, 0.2) is 12.1 Å². The number of aryl methyl sites for hydroxylation is 3. The monoisotopic (exact) mass is 289 g/mol. The molecule has 2 rings (SSSR count). The summed E-state index contributed by atoms with van der Waals surface area (Å²) in [7, 11) is 0. The summed E-state index contributed by atoms with van der Waals surface area (Å²) in [5.41, 5.74) is 3.17. The molecule has 0 aliphatic heterocycles. The van der Waals surface area contributed by atoms with E-state index in [2.05, 4.69) is 12.2 Å². The number of carbonyl (C=O) groups is 1. The first-order valence-electron chi connectivity index (χ1n) is 7.89. The highest BCUT2D eigenvalue weighted by Crippen LogP contribution is 2.31. The maximum absolute atomic E-state index is 12.4. The molecule has 0 heterocycles. The fourth-order valence-corrected chi connectivity index (χ4v) is 3.35. The van der Waals surface area contributed by atoms with Crippen LogP contribution in [0.25, 0.3) is 0 Å². The van der Waals surface area contributed by atoms with Gasteiger partial charge in [-0.15, -0.1) is 0 Å². The third kappa shape index (κ3) is 3.85. The lowest BCUT2D eigenvalue weighted by atomic mass is 9.79. The van der Waals surface area contributed by atoms with Crippen molar-refractivity contribution in [3.05, 3.63) is 34.4 Å². The van der Waals surface area contributed by atoms with E-state index < -0.39 is 5.60 Å². The molecular weight excluding hydrogens is 262 g/mol. The van der Waals surface area contributed by atoms with Gasteiger partial charge in [-0.05, 0) is 63.5 Å². The molecule has 116 valence electrons. The van der Waals surface area contributed by atoms with Crippen LogP contribution < -0.4 is 5.32 Å². The Balaban J connectivity index is 2.02.